The van der Waals surface area contributed by atoms with E-state index in [9.17, 15) is 9.59 Å². The third-order valence-electron chi connectivity index (χ3n) is 4.31. The maximum atomic E-state index is 12.7. The summed E-state index contributed by atoms with van der Waals surface area (Å²) in [5.41, 5.74) is 2.49. The standard InChI is InChI=1S/C21H25N3O2/c1-14(2)20(25)23-17-10-8-16(9-11-17)22-19(15-6-4-3-5-7-15)21(26)24-18-12-13-18/h3-11,14,18-19,22H,12-13H2,1-2H3,(H,23,25)(H,24,26)/t19-/m1/s1. The molecule has 0 radical (unpaired) electrons. The fourth-order valence-electron chi connectivity index (χ4n) is 2.56. The fraction of sp³-hybridized carbons (Fsp3) is 0.333. The van der Waals surface area contributed by atoms with Crippen LogP contribution in [-0.2, 0) is 9.59 Å². The minimum Gasteiger partial charge on any atom is -0.370 e. The Morgan fingerprint density at radius 1 is 0.885 bits per heavy atom. The molecule has 5 nitrogen and oxygen atoms in total. The normalized spacial score (nSPS) is 14.6. The van der Waals surface area contributed by atoms with Crippen LogP contribution in [0.5, 0.6) is 0 Å². The molecule has 0 saturated heterocycles. The Morgan fingerprint density at radius 3 is 2.08 bits per heavy atom. The first-order valence-corrected chi connectivity index (χ1v) is 9.05. The molecule has 2 amide bonds. The third-order valence-corrected chi connectivity index (χ3v) is 4.31. The van der Waals surface area contributed by atoms with Crippen LogP contribution in [0.25, 0.3) is 0 Å². The summed E-state index contributed by atoms with van der Waals surface area (Å²) in [4.78, 5) is 24.4. The number of amides is 2. The van der Waals surface area contributed by atoms with Gasteiger partial charge >= 0.3 is 0 Å². The van der Waals surface area contributed by atoms with Gasteiger partial charge in [0.05, 0.1) is 0 Å². The van der Waals surface area contributed by atoms with Crippen molar-refractivity contribution in [3.05, 3.63) is 60.2 Å². The van der Waals surface area contributed by atoms with Crippen molar-refractivity contribution >= 4 is 23.2 Å². The Bertz CT molecular complexity index is 753. The highest BCUT2D eigenvalue weighted by atomic mass is 16.2. The highest BCUT2D eigenvalue weighted by Gasteiger charge is 2.28. The van der Waals surface area contributed by atoms with Gasteiger partial charge < -0.3 is 16.0 Å². The molecule has 2 aromatic carbocycles. The summed E-state index contributed by atoms with van der Waals surface area (Å²) in [5.74, 6) is -0.103. The van der Waals surface area contributed by atoms with Crippen molar-refractivity contribution in [3.63, 3.8) is 0 Å². The molecule has 0 aromatic heterocycles. The van der Waals surface area contributed by atoms with Gasteiger partial charge in [0.1, 0.15) is 6.04 Å². The van der Waals surface area contributed by atoms with Crippen molar-refractivity contribution in [2.24, 2.45) is 5.92 Å². The second-order valence-corrected chi connectivity index (χ2v) is 6.99. The molecule has 5 heteroatoms. The molecule has 3 rings (SSSR count). The molecule has 1 saturated carbocycles. The molecular weight excluding hydrogens is 326 g/mol. The lowest BCUT2D eigenvalue weighted by Crippen LogP contribution is -2.34. The zero-order valence-electron chi connectivity index (χ0n) is 15.2. The molecular formula is C21H25N3O2. The van der Waals surface area contributed by atoms with E-state index in [-0.39, 0.29) is 17.7 Å². The smallest absolute Gasteiger partial charge is 0.247 e. The molecule has 1 aliphatic rings. The summed E-state index contributed by atoms with van der Waals surface area (Å²) < 4.78 is 0. The number of hydrogen-bond acceptors (Lipinski definition) is 3. The Kier molecular flexibility index (Phi) is 5.56. The SMILES string of the molecule is CC(C)C(=O)Nc1ccc(N[C@@H](C(=O)NC2CC2)c2ccccc2)cc1. The van der Waals surface area contributed by atoms with Gasteiger partial charge in [-0.25, -0.2) is 0 Å². The summed E-state index contributed by atoms with van der Waals surface area (Å²) in [6.45, 7) is 3.71. The molecule has 0 bridgehead atoms. The average molecular weight is 351 g/mol. The molecule has 0 unspecified atom stereocenters. The number of rotatable bonds is 7. The van der Waals surface area contributed by atoms with E-state index in [4.69, 9.17) is 0 Å². The number of carbonyl (C=O) groups excluding carboxylic acids is 2. The predicted octanol–water partition coefficient (Wildman–Crippen LogP) is 3.71. The lowest BCUT2D eigenvalue weighted by Gasteiger charge is -2.20. The van der Waals surface area contributed by atoms with E-state index >= 15 is 0 Å². The second kappa shape index (κ2) is 8.04. The quantitative estimate of drug-likeness (QED) is 0.712. The van der Waals surface area contributed by atoms with Crippen LogP contribution in [0, 0.1) is 5.92 Å². The van der Waals surface area contributed by atoms with Crippen molar-refractivity contribution in [2.75, 3.05) is 10.6 Å². The molecule has 1 fully saturated rings. The number of hydrogen-bond donors (Lipinski definition) is 3. The van der Waals surface area contributed by atoms with E-state index in [2.05, 4.69) is 16.0 Å². The maximum Gasteiger partial charge on any atom is 0.247 e. The molecule has 26 heavy (non-hydrogen) atoms. The van der Waals surface area contributed by atoms with Crippen molar-refractivity contribution in [1.82, 2.24) is 5.32 Å². The first-order chi connectivity index (χ1) is 12.5. The van der Waals surface area contributed by atoms with Gasteiger partial charge in [0.25, 0.3) is 0 Å². The minimum absolute atomic E-state index is 0.0170. The van der Waals surface area contributed by atoms with Crippen LogP contribution in [0.15, 0.2) is 54.6 Å². The molecule has 0 aliphatic heterocycles. The summed E-state index contributed by atoms with van der Waals surface area (Å²) in [6, 6.07) is 17.0. The summed E-state index contributed by atoms with van der Waals surface area (Å²) in [5, 5.41) is 9.24. The average Bonchev–Trinajstić information content (AvgIpc) is 3.45. The highest BCUT2D eigenvalue weighted by Crippen LogP contribution is 2.24. The van der Waals surface area contributed by atoms with Crippen LogP contribution in [0.2, 0.25) is 0 Å². The van der Waals surface area contributed by atoms with E-state index in [1.807, 2.05) is 68.4 Å². The molecule has 1 atom stereocenters. The van der Waals surface area contributed by atoms with Gasteiger partial charge in [-0.3, -0.25) is 9.59 Å². The lowest BCUT2D eigenvalue weighted by atomic mass is 10.1. The lowest BCUT2D eigenvalue weighted by molar-refractivity contribution is -0.122. The zero-order chi connectivity index (χ0) is 18.5. The molecule has 1 aliphatic carbocycles. The van der Waals surface area contributed by atoms with Crippen LogP contribution in [-0.4, -0.2) is 17.9 Å². The fourth-order valence-corrected chi connectivity index (χ4v) is 2.56. The summed E-state index contributed by atoms with van der Waals surface area (Å²) in [6.07, 6.45) is 2.11. The van der Waals surface area contributed by atoms with Gasteiger partial charge in [0, 0.05) is 23.3 Å². The number of nitrogens with one attached hydrogen (secondary N) is 3. The van der Waals surface area contributed by atoms with Gasteiger partial charge in [-0.2, -0.15) is 0 Å². The van der Waals surface area contributed by atoms with Gasteiger partial charge in [-0.15, -0.1) is 0 Å². The molecule has 0 heterocycles. The Balaban J connectivity index is 1.71. The van der Waals surface area contributed by atoms with Crippen molar-refractivity contribution < 1.29 is 9.59 Å². The monoisotopic (exact) mass is 351 g/mol. The van der Waals surface area contributed by atoms with Gasteiger partial charge in [-0.1, -0.05) is 44.2 Å². The van der Waals surface area contributed by atoms with E-state index in [0.717, 1.165) is 29.8 Å². The van der Waals surface area contributed by atoms with Crippen LogP contribution < -0.4 is 16.0 Å². The zero-order valence-corrected chi connectivity index (χ0v) is 15.2. The first kappa shape index (κ1) is 18.0. The minimum atomic E-state index is -0.451. The van der Waals surface area contributed by atoms with E-state index in [0.29, 0.717) is 6.04 Å². The Hall–Kier alpha value is -2.82. The maximum absolute atomic E-state index is 12.7. The summed E-state index contributed by atoms with van der Waals surface area (Å²) in [7, 11) is 0. The van der Waals surface area contributed by atoms with E-state index in [1.165, 1.54) is 0 Å². The second-order valence-electron chi connectivity index (χ2n) is 6.99. The van der Waals surface area contributed by atoms with Crippen LogP contribution in [0.4, 0.5) is 11.4 Å². The Morgan fingerprint density at radius 2 is 1.50 bits per heavy atom. The van der Waals surface area contributed by atoms with Gasteiger partial charge in [-0.05, 0) is 42.7 Å². The van der Waals surface area contributed by atoms with Crippen molar-refractivity contribution in [1.29, 1.82) is 0 Å². The van der Waals surface area contributed by atoms with Crippen LogP contribution >= 0.6 is 0 Å². The Labute approximate surface area is 154 Å². The van der Waals surface area contributed by atoms with Crippen LogP contribution in [0.3, 0.4) is 0 Å². The van der Waals surface area contributed by atoms with E-state index in [1.54, 1.807) is 0 Å². The number of benzene rings is 2. The van der Waals surface area contributed by atoms with Crippen molar-refractivity contribution in [3.8, 4) is 0 Å². The number of anilines is 2. The van der Waals surface area contributed by atoms with E-state index < -0.39 is 6.04 Å². The third kappa shape index (κ3) is 4.85. The van der Waals surface area contributed by atoms with Gasteiger partial charge in [0.2, 0.25) is 11.8 Å². The molecule has 0 spiro atoms. The first-order valence-electron chi connectivity index (χ1n) is 9.05. The molecule has 2 aromatic rings. The predicted molar refractivity (Wildman–Crippen MR) is 104 cm³/mol. The topological polar surface area (TPSA) is 70.2 Å². The number of carbonyl (C=O) groups is 2. The highest BCUT2D eigenvalue weighted by molar-refractivity contribution is 5.92. The van der Waals surface area contributed by atoms with Gasteiger partial charge in [0.15, 0.2) is 0 Å². The molecule has 3 N–H and O–H groups in total. The molecule has 136 valence electrons. The van der Waals surface area contributed by atoms with Crippen molar-refractivity contribution in [2.45, 2.75) is 38.8 Å². The summed E-state index contributed by atoms with van der Waals surface area (Å²) >= 11 is 0. The van der Waals surface area contributed by atoms with Crippen LogP contribution in [0.1, 0.15) is 38.3 Å². The largest absolute Gasteiger partial charge is 0.370 e.